The number of aromatic nitrogens is 2. The van der Waals surface area contributed by atoms with Crippen molar-refractivity contribution in [2.75, 3.05) is 0 Å². The fraction of sp³-hybridized carbons (Fsp3) is 0. The van der Waals surface area contributed by atoms with Crippen LogP contribution in [0, 0.1) is 0 Å². The Bertz CT molecular complexity index is 396. The van der Waals surface area contributed by atoms with E-state index in [0.29, 0.717) is 10.8 Å². The minimum Gasteiger partial charge on any atom is -0.504 e. The van der Waals surface area contributed by atoms with Crippen molar-refractivity contribution in [2.45, 2.75) is 0 Å². The monoisotopic (exact) mass is 168 g/mol. The van der Waals surface area contributed by atoms with Crippen LogP contribution in [0.3, 0.4) is 0 Å². The summed E-state index contributed by atoms with van der Waals surface area (Å²) in [5.74, 6) is 0.138. The highest BCUT2D eigenvalue weighted by atomic mass is 35.5. The van der Waals surface area contributed by atoms with Gasteiger partial charge in [0, 0.05) is 6.20 Å². The standard InChI is InChI=1S/C7H5ClN2O/c8-6-4-9-7-5(11)2-1-3-10(6)7/h1-4,11H. The molecule has 2 aromatic rings. The number of rotatable bonds is 0. The van der Waals surface area contributed by atoms with Crippen molar-refractivity contribution in [2.24, 2.45) is 0 Å². The van der Waals surface area contributed by atoms with Crippen molar-refractivity contribution in [1.82, 2.24) is 9.38 Å². The first-order valence-corrected chi connectivity index (χ1v) is 3.47. The molecule has 0 atom stereocenters. The predicted molar refractivity (Wildman–Crippen MR) is 41.9 cm³/mol. The van der Waals surface area contributed by atoms with Crippen LogP contribution in [-0.4, -0.2) is 14.5 Å². The summed E-state index contributed by atoms with van der Waals surface area (Å²) in [7, 11) is 0. The van der Waals surface area contributed by atoms with E-state index >= 15 is 0 Å². The van der Waals surface area contributed by atoms with Gasteiger partial charge in [-0.3, -0.25) is 4.40 Å². The number of fused-ring (bicyclic) bond motifs is 1. The molecule has 2 heterocycles. The maximum absolute atomic E-state index is 9.24. The Kier molecular flexibility index (Phi) is 1.26. The molecule has 0 spiro atoms. The number of hydrogen-bond acceptors (Lipinski definition) is 2. The molecule has 0 amide bonds. The molecule has 3 nitrogen and oxygen atoms in total. The zero-order valence-corrected chi connectivity index (χ0v) is 6.28. The fourth-order valence-electron chi connectivity index (χ4n) is 0.966. The molecule has 0 fully saturated rings. The van der Waals surface area contributed by atoms with Crippen LogP contribution in [-0.2, 0) is 0 Å². The molecular weight excluding hydrogens is 164 g/mol. The molecule has 2 rings (SSSR count). The smallest absolute Gasteiger partial charge is 0.180 e. The van der Waals surface area contributed by atoms with Crippen LogP contribution in [0.25, 0.3) is 5.65 Å². The third kappa shape index (κ3) is 0.851. The quantitative estimate of drug-likeness (QED) is 0.650. The molecule has 56 valence electrons. The first-order valence-electron chi connectivity index (χ1n) is 3.09. The lowest BCUT2D eigenvalue weighted by molar-refractivity contribution is 0.477. The molecule has 11 heavy (non-hydrogen) atoms. The number of pyridine rings is 1. The Morgan fingerprint density at radius 1 is 1.55 bits per heavy atom. The van der Waals surface area contributed by atoms with Gasteiger partial charge in [0.2, 0.25) is 0 Å². The Labute approximate surface area is 67.9 Å². The van der Waals surface area contributed by atoms with Crippen molar-refractivity contribution in [3.05, 3.63) is 29.7 Å². The molecule has 0 unspecified atom stereocenters. The van der Waals surface area contributed by atoms with Gasteiger partial charge in [-0.2, -0.15) is 0 Å². The second-order valence-corrected chi connectivity index (χ2v) is 2.56. The van der Waals surface area contributed by atoms with Gasteiger partial charge in [0.1, 0.15) is 5.15 Å². The van der Waals surface area contributed by atoms with E-state index in [1.165, 1.54) is 6.20 Å². The van der Waals surface area contributed by atoms with Crippen molar-refractivity contribution in [3.8, 4) is 5.75 Å². The Morgan fingerprint density at radius 3 is 3.09 bits per heavy atom. The molecular formula is C7H5ClN2O. The molecule has 2 aromatic heterocycles. The molecule has 0 radical (unpaired) electrons. The highest BCUT2D eigenvalue weighted by Gasteiger charge is 2.02. The van der Waals surface area contributed by atoms with E-state index < -0.39 is 0 Å². The van der Waals surface area contributed by atoms with Crippen LogP contribution in [0.15, 0.2) is 24.5 Å². The highest BCUT2D eigenvalue weighted by molar-refractivity contribution is 6.29. The summed E-state index contributed by atoms with van der Waals surface area (Å²) >= 11 is 5.73. The van der Waals surface area contributed by atoms with Crippen LogP contribution in [0.5, 0.6) is 5.75 Å². The lowest BCUT2D eigenvalue weighted by Crippen LogP contribution is -1.82. The van der Waals surface area contributed by atoms with Gasteiger partial charge in [-0.1, -0.05) is 11.6 Å². The second-order valence-electron chi connectivity index (χ2n) is 2.17. The van der Waals surface area contributed by atoms with E-state index in [2.05, 4.69) is 4.98 Å². The van der Waals surface area contributed by atoms with E-state index in [4.69, 9.17) is 11.6 Å². The normalized spacial score (nSPS) is 10.6. The summed E-state index contributed by atoms with van der Waals surface area (Å²) in [6.45, 7) is 0. The molecule has 0 bridgehead atoms. The molecule has 0 aliphatic rings. The zero-order valence-electron chi connectivity index (χ0n) is 5.53. The van der Waals surface area contributed by atoms with E-state index in [1.807, 2.05) is 0 Å². The summed E-state index contributed by atoms with van der Waals surface area (Å²) < 4.78 is 1.61. The van der Waals surface area contributed by atoms with E-state index in [9.17, 15) is 5.11 Å². The number of halogens is 1. The Hall–Kier alpha value is -1.22. The zero-order chi connectivity index (χ0) is 7.84. The largest absolute Gasteiger partial charge is 0.504 e. The average Bonchev–Trinajstić information content (AvgIpc) is 2.35. The van der Waals surface area contributed by atoms with Crippen molar-refractivity contribution in [1.29, 1.82) is 0 Å². The number of imidazole rings is 1. The number of nitrogens with zero attached hydrogens (tertiary/aromatic N) is 2. The summed E-state index contributed by atoms with van der Waals surface area (Å²) in [4.78, 5) is 3.90. The lowest BCUT2D eigenvalue weighted by atomic mass is 10.4. The predicted octanol–water partition coefficient (Wildman–Crippen LogP) is 1.69. The topological polar surface area (TPSA) is 37.5 Å². The molecule has 4 heteroatoms. The van der Waals surface area contributed by atoms with Crippen LogP contribution in [0.2, 0.25) is 5.15 Å². The van der Waals surface area contributed by atoms with Crippen molar-refractivity contribution in [3.63, 3.8) is 0 Å². The summed E-state index contributed by atoms with van der Waals surface area (Å²) in [5.41, 5.74) is 0.484. The van der Waals surface area contributed by atoms with E-state index in [0.717, 1.165) is 0 Å². The average molecular weight is 169 g/mol. The van der Waals surface area contributed by atoms with Crippen LogP contribution in [0.4, 0.5) is 0 Å². The minimum absolute atomic E-state index is 0.138. The van der Waals surface area contributed by atoms with Gasteiger partial charge in [-0.15, -0.1) is 0 Å². The van der Waals surface area contributed by atoms with Gasteiger partial charge >= 0.3 is 0 Å². The minimum atomic E-state index is 0.138. The van der Waals surface area contributed by atoms with E-state index in [1.54, 1.807) is 22.7 Å². The van der Waals surface area contributed by atoms with Gasteiger partial charge < -0.3 is 5.11 Å². The third-order valence-corrected chi connectivity index (χ3v) is 1.75. The van der Waals surface area contributed by atoms with Gasteiger partial charge in [-0.25, -0.2) is 4.98 Å². The Balaban J connectivity index is 2.94. The second kappa shape index (κ2) is 2.13. The summed E-state index contributed by atoms with van der Waals surface area (Å²) in [6.07, 6.45) is 3.24. The first kappa shape index (κ1) is 6.49. The summed E-state index contributed by atoms with van der Waals surface area (Å²) in [5, 5.41) is 9.74. The number of hydrogen-bond donors (Lipinski definition) is 1. The van der Waals surface area contributed by atoms with Crippen LogP contribution in [0.1, 0.15) is 0 Å². The molecule has 0 aliphatic heterocycles. The highest BCUT2D eigenvalue weighted by Crippen LogP contribution is 2.19. The molecule has 1 N–H and O–H groups in total. The van der Waals surface area contributed by atoms with Crippen molar-refractivity contribution < 1.29 is 5.11 Å². The third-order valence-electron chi connectivity index (χ3n) is 1.47. The molecule has 0 aromatic carbocycles. The van der Waals surface area contributed by atoms with Gasteiger partial charge in [0.15, 0.2) is 11.4 Å². The molecule has 0 saturated carbocycles. The van der Waals surface area contributed by atoms with Gasteiger partial charge in [0.05, 0.1) is 6.20 Å². The van der Waals surface area contributed by atoms with Gasteiger partial charge in [-0.05, 0) is 12.1 Å². The molecule has 0 aliphatic carbocycles. The maximum atomic E-state index is 9.24. The lowest BCUT2D eigenvalue weighted by Gasteiger charge is -1.94. The van der Waals surface area contributed by atoms with E-state index in [-0.39, 0.29) is 5.75 Å². The summed E-state index contributed by atoms with van der Waals surface area (Å²) in [6, 6.07) is 3.27. The van der Waals surface area contributed by atoms with Crippen LogP contribution >= 0.6 is 11.6 Å². The first-order chi connectivity index (χ1) is 5.29. The molecule has 0 saturated heterocycles. The maximum Gasteiger partial charge on any atom is 0.180 e. The fourth-order valence-corrected chi connectivity index (χ4v) is 1.15. The van der Waals surface area contributed by atoms with Gasteiger partial charge in [0.25, 0.3) is 0 Å². The van der Waals surface area contributed by atoms with Crippen LogP contribution < -0.4 is 0 Å². The van der Waals surface area contributed by atoms with Crippen molar-refractivity contribution >= 4 is 17.2 Å². The Morgan fingerprint density at radius 2 is 2.36 bits per heavy atom. The SMILES string of the molecule is Oc1cccn2c(Cl)cnc12. The number of aromatic hydroxyl groups is 1.